The number of thiophene rings is 1. The van der Waals surface area contributed by atoms with Gasteiger partial charge in [-0.25, -0.2) is 13.4 Å². The molecular formula is C23H19ClN4O3S2. The molecule has 0 saturated carbocycles. The van der Waals surface area contributed by atoms with Crippen LogP contribution in [0.15, 0.2) is 71.9 Å². The van der Waals surface area contributed by atoms with E-state index in [2.05, 4.69) is 4.98 Å². The zero-order valence-corrected chi connectivity index (χ0v) is 19.8. The number of rotatable bonds is 4. The van der Waals surface area contributed by atoms with Crippen LogP contribution in [0.25, 0.3) is 21.5 Å². The lowest BCUT2D eigenvalue weighted by molar-refractivity contribution is 0.0700. The number of sulfonamides is 1. The standard InChI is InChI=1S/C23H19ClN4O3S2/c24-22-8-7-21(32-22)20-14-18(17-5-1-2-6-19(17)26-20)23(29)27-10-12-28(13-11-27)33(30,31)16-4-3-9-25-15-16/h1-9,14-15H,10-13H2. The molecule has 1 aliphatic rings. The highest BCUT2D eigenvalue weighted by Crippen LogP contribution is 2.32. The Morgan fingerprint density at radius 2 is 1.79 bits per heavy atom. The van der Waals surface area contributed by atoms with Gasteiger partial charge in [-0.15, -0.1) is 11.3 Å². The van der Waals surface area contributed by atoms with E-state index in [1.165, 1.54) is 34.1 Å². The molecule has 3 aromatic heterocycles. The third-order valence-electron chi connectivity index (χ3n) is 5.57. The summed E-state index contributed by atoms with van der Waals surface area (Å²) in [6.07, 6.45) is 2.88. The largest absolute Gasteiger partial charge is 0.336 e. The van der Waals surface area contributed by atoms with E-state index in [-0.39, 0.29) is 23.9 Å². The summed E-state index contributed by atoms with van der Waals surface area (Å²) in [5, 5.41) is 0.763. The Kier molecular flexibility index (Phi) is 5.88. The molecule has 0 radical (unpaired) electrons. The van der Waals surface area contributed by atoms with E-state index in [0.29, 0.717) is 28.7 Å². The van der Waals surface area contributed by atoms with E-state index in [1.54, 1.807) is 17.0 Å². The first kappa shape index (κ1) is 22.0. The van der Waals surface area contributed by atoms with E-state index < -0.39 is 10.0 Å². The molecule has 1 saturated heterocycles. The van der Waals surface area contributed by atoms with Crippen LogP contribution in [0.2, 0.25) is 4.34 Å². The maximum Gasteiger partial charge on any atom is 0.254 e. The van der Waals surface area contributed by atoms with Gasteiger partial charge in [0.15, 0.2) is 0 Å². The van der Waals surface area contributed by atoms with Crippen molar-refractivity contribution >= 4 is 49.8 Å². The molecule has 168 valence electrons. The summed E-state index contributed by atoms with van der Waals surface area (Å²) >= 11 is 7.51. The number of carbonyl (C=O) groups is 1. The zero-order chi connectivity index (χ0) is 23.0. The first-order valence-corrected chi connectivity index (χ1v) is 12.9. The van der Waals surface area contributed by atoms with Crippen molar-refractivity contribution in [3.63, 3.8) is 0 Å². The molecule has 0 atom stereocenters. The fourth-order valence-electron chi connectivity index (χ4n) is 3.88. The van der Waals surface area contributed by atoms with Crippen molar-refractivity contribution < 1.29 is 13.2 Å². The second kappa shape index (κ2) is 8.83. The van der Waals surface area contributed by atoms with Crippen molar-refractivity contribution in [2.75, 3.05) is 26.2 Å². The van der Waals surface area contributed by atoms with E-state index in [9.17, 15) is 13.2 Å². The molecule has 1 fully saturated rings. The summed E-state index contributed by atoms with van der Waals surface area (Å²) in [5.74, 6) is -0.143. The second-order valence-electron chi connectivity index (χ2n) is 7.56. The van der Waals surface area contributed by atoms with E-state index in [4.69, 9.17) is 16.6 Å². The maximum absolute atomic E-state index is 13.5. The molecule has 0 bridgehead atoms. The summed E-state index contributed by atoms with van der Waals surface area (Å²) in [4.78, 5) is 24.9. The summed E-state index contributed by atoms with van der Waals surface area (Å²) in [6, 6.07) is 16.1. The smallest absolute Gasteiger partial charge is 0.254 e. The number of carbonyl (C=O) groups excluding carboxylic acids is 1. The van der Waals surface area contributed by atoms with Gasteiger partial charge in [-0.1, -0.05) is 29.8 Å². The molecule has 4 heterocycles. The van der Waals surface area contributed by atoms with Crippen molar-refractivity contribution in [3.05, 3.63) is 76.9 Å². The molecule has 1 aromatic carbocycles. The molecular weight excluding hydrogens is 480 g/mol. The number of benzene rings is 1. The van der Waals surface area contributed by atoms with E-state index in [0.717, 1.165) is 15.8 Å². The summed E-state index contributed by atoms with van der Waals surface area (Å²) < 4.78 is 27.8. The number of amides is 1. The molecule has 1 aliphatic heterocycles. The Morgan fingerprint density at radius 3 is 2.48 bits per heavy atom. The molecule has 5 rings (SSSR count). The van der Waals surface area contributed by atoms with Gasteiger partial charge < -0.3 is 4.90 Å². The van der Waals surface area contributed by atoms with Crippen LogP contribution in [0.1, 0.15) is 10.4 Å². The SMILES string of the molecule is O=C(c1cc(-c2ccc(Cl)s2)nc2ccccc12)N1CCN(S(=O)(=O)c2cccnc2)CC1. The van der Waals surface area contributed by atoms with Crippen molar-refractivity contribution in [1.82, 2.24) is 19.2 Å². The van der Waals surface area contributed by atoms with Gasteiger partial charge in [-0.05, 0) is 36.4 Å². The number of hydrogen-bond donors (Lipinski definition) is 0. The van der Waals surface area contributed by atoms with Gasteiger partial charge in [-0.3, -0.25) is 9.78 Å². The average Bonchev–Trinajstić information content (AvgIpc) is 3.30. The van der Waals surface area contributed by atoms with Crippen LogP contribution in [0, 0.1) is 0 Å². The Balaban J connectivity index is 1.42. The van der Waals surface area contributed by atoms with Crippen LogP contribution in [0.4, 0.5) is 0 Å². The zero-order valence-electron chi connectivity index (χ0n) is 17.4. The lowest BCUT2D eigenvalue weighted by atomic mass is 10.1. The third kappa shape index (κ3) is 4.24. The van der Waals surface area contributed by atoms with Gasteiger partial charge in [0, 0.05) is 44.0 Å². The van der Waals surface area contributed by atoms with Crippen molar-refractivity contribution in [3.8, 4) is 10.6 Å². The monoisotopic (exact) mass is 498 g/mol. The number of halogens is 1. The van der Waals surface area contributed by atoms with Gasteiger partial charge >= 0.3 is 0 Å². The summed E-state index contributed by atoms with van der Waals surface area (Å²) in [7, 11) is -3.64. The molecule has 0 N–H and O–H groups in total. The van der Waals surface area contributed by atoms with Crippen LogP contribution in [-0.2, 0) is 10.0 Å². The van der Waals surface area contributed by atoms with Crippen LogP contribution < -0.4 is 0 Å². The first-order chi connectivity index (χ1) is 15.9. The first-order valence-electron chi connectivity index (χ1n) is 10.3. The summed E-state index contributed by atoms with van der Waals surface area (Å²) in [5.41, 5.74) is 1.95. The third-order valence-corrected chi connectivity index (χ3v) is 8.71. The number of nitrogens with zero attached hydrogens (tertiary/aromatic N) is 4. The number of hydrogen-bond acceptors (Lipinski definition) is 6. The fraction of sp³-hybridized carbons (Fsp3) is 0.174. The summed E-state index contributed by atoms with van der Waals surface area (Å²) in [6.45, 7) is 1.04. The maximum atomic E-state index is 13.5. The van der Waals surface area contributed by atoms with Gasteiger partial charge in [0.05, 0.1) is 26.0 Å². The Hall–Kier alpha value is -2.85. The molecule has 10 heteroatoms. The Morgan fingerprint density at radius 1 is 1.00 bits per heavy atom. The van der Waals surface area contributed by atoms with Gasteiger partial charge in [-0.2, -0.15) is 4.31 Å². The molecule has 33 heavy (non-hydrogen) atoms. The van der Waals surface area contributed by atoms with Crippen LogP contribution in [0.5, 0.6) is 0 Å². The number of piperazine rings is 1. The molecule has 0 spiro atoms. The minimum absolute atomic E-state index is 0.143. The van der Waals surface area contributed by atoms with Gasteiger partial charge in [0.25, 0.3) is 5.91 Å². The fourth-order valence-corrected chi connectivity index (χ4v) is 6.27. The predicted molar refractivity (Wildman–Crippen MR) is 129 cm³/mol. The van der Waals surface area contributed by atoms with Crippen molar-refractivity contribution in [1.29, 1.82) is 0 Å². The van der Waals surface area contributed by atoms with Crippen LogP contribution in [0.3, 0.4) is 0 Å². The lowest BCUT2D eigenvalue weighted by Crippen LogP contribution is -2.50. The molecule has 0 aliphatic carbocycles. The van der Waals surface area contributed by atoms with E-state index >= 15 is 0 Å². The minimum atomic E-state index is -3.64. The highest BCUT2D eigenvalue weighted by Gasteiger charge is 2.31. The van der Waals surface area contributed by atoms with Crippen molar-refractivity contribution in [2.45, 2.75) is 4.90 Å². The van der Waals surface area contributed by atoms with Crippen LogP contribution >= 0.6 is 22.9 Å². The minimum Gasteiger partial charge on any atom is -0.336 e. The lowest BCUT2D eigenvalue weighted by Gasteiger charge is -2.34. The van der Waals surface area contributed by atoms with Gasteiger partial charge in [0.2, 0.25) is 10.0 Å². The molecule has 4 aromatic rings. The molecule has 7 nitrogen and oxygen atoms in total. The number of para-hydroxylation sites is 1. The Bertz CT molecular complexity index is 1430. The van der Waals surface area contributed by atoms with E-state index in [1.807, 2.05) is 36.4 Å². The van der Waals surface area contributed by atoms with Gasteiger partial charge in [0.1, 0.15) is 4.90 Å². The molecule has 0 unspecified atom stereocenters. The average molecular weight is 499 g/mol. The topological polar surface area (TPSA) is 83.5 Å². The highest BCUT2D eigenvalue weighted by molar-refractivity contribution is 7.89. The van der Waals surface area contributed by atoms with Crippen molar-refractivity contribution in [2.24, 2.45) is 0 Å². The van der Waals surface area contributed by atoms with Crippen LogP contribution in [-0.4, -0.2) is 59.7 Å². The molecule has 1 amide bonds. The predicted octanol–water partition coefficient (Wildman–Crippen LogP) is 4.16. The number of fused-ring (bicyclic) bond motifs is 1. The quantitative estimate of drug-likeness (QED) is 0.422. The second-order valence-corrected chi connectivity index (χ2v) is 11.2. The number of aromatic nitrogens is 2. The number of pyridine rings is 2. The highest BCUT2D eigenvalue weighted by atomic mass is 35.5. The Labute approximate surface area is 200 Å². The normalized spacial score (nSPS) is 15.1.